The summed E-state index contributed by atoms with van der Waals surface area (Å²) in [5, 5.41) is 1.82. The molecule has 17 heavy (non-hydrogen) atoms. The lowest BCUT2D eigenvalue weighted by atomic mass is 9.84. The number of carbonyl (C=O) groups is 2. The van der Waals surface area contributed by atoms with Gasteiger partial charge in [-0.05, 0) is 5.41 Å². The van der Waals surface area contributed by atoms with Crippen LogP contribution >= 0.6 is 11.6 Å². The van der Waals surface area contributed by atoms with Crippen molar-refractivity contribution in [3.63, 3.8) is 0 Å². The fraction of sp³-hybridized carbons (Fsp3) is 0.800. The van der Waals surface area contributed by atoms with Crippen LogP contribution in [0.3, 0.4) is 0 Å². The van der Waals surface area contributed by atoms with Crippen molar-refractivity contribution in [2.75, 3.05) is 5.88 Å². The van der Waals surface area contributed by atoms with Crippen molar-refractivity contribution >= 4 is 23.3 Å². The van der Waals surface area contributed by atoms with Crippen LogP contribution in [0.25, 0.3) is 0 Å². The first kappa shape index (κ1) is 16.2. The van der Waals surface area contributed by atoms with Crippen molar-refractivity contribution in [1.29, 1.82) is 0 Å². The lowest BCUT2D eigenvalue weighted by Gasteiger charge is -2.31. The highest BCUT2D eigenvalue weighted by atomic mass is 35.5. The molecular formula is C10H15ClF3NO2. The van der Waals surface area contributed by atoms with Crippen LogP contribution < -0.4 is 5.32 Å². The molecule has 0 aliphatic carbocycles. The van der Waals surface area contributed by atoms with Crippen LogP contribution in [0.1, 0.15) is 27.2 Å². The maximum atomic E-state index is 12.1. The standard InChI is InChI=1S/C10H15ClF3NO2/c1-9(2,3)7(4-6(16)5-11)15-8(17)10(12,13)14/h7H,4-5H2,1-3H3,(H,15,17). The predicted octanol–water partition coefficient (Wildman–Crippen LogP) is 2.28. The van der Waals surface area contributed by atoms with E-state index in [1.165, 1.54) is 0 Å². The number of alkyl halides is 4. The molecular weight excluding hydrogens is 259 g/mol. The summed E-state index contributed by atoms with van der Waals surface area (Å²) in [6.45, 7) is 4.90. The summed E-state index contributed by atoms with van der Waals surface area (Å²) in [5.41, 5.74) is -0.664. The number of carbonyl (C=O) groups excluding carboxylic acids is 2. The lowest BCUT2D eigenvalue weighted by Crippen LogP contribution is -2.49. The van der Waals surface area contributed by atoms with Crippen molar-refractivity contribution in [1.82, 2.24) is 5.32 Å². The Bertz CT molecular complexity index is 297. The van der Waals surface area contributed by atoms with E-state index in [1.807, 2.05) is 5.32 Å². The molecule has 0 aromatic heterocycles. The number of hydrogen-bond donors (Lipinski definition) is 1. The average Bonchev–Trinajstić information content (AvgIpc) is 2.13. The molecule has 0 aromatic carbocycles. The summed E-state index contributed by atoms with van der Waals surface area (Å²) < 4.78 is 36.3. The summed E-state index contributed by atoms with van der Waals surface area (Å²) in [6.07, 6.45) is -5.16. The second kappa shape index (κ2) is 5.71. The summed E-state index contributed by atoms with van der Waals surface area (Å²) >= 11 is 5.29. The van der Waals surface area contributed by atoms with Gasteiger partial charge in [0.2, 0.25) is 0 Å². The molecule has 0 rings (SSSR count). The topological polar surface area (TPSA) is 46.2 Å². The van der Waals surface area contributed by atoms with Gasteiger partial charge in [-0.25, -0.2) is 0 Å². The maximum Gasteiger partial charge on any atom is 0.471 e. The molecule has 0 spiro atoms. The lowest BCUT2D eigenvalue weighted by molar-refractivity contribution is -0.175. The molecule has 3 nitrogen and oxygen atoms in total. The monoisotopic (exact) mass is 273 g/mol. The van der Waals surface area contributed by atoms with Crippen molar-refractivity contribution in [3.8, 4) is 0 Å². The Morgan fingerprint density at radius 1 is 1.24 bits per heavy atom. The molecule has 0 aromatic rings. The summed E-state index contributed by atoms with van der Waals surface area (Å²) in [4.78, 5) is 21.9. The molecule has 0 saturated heterocycles. The number of amides is 1. The van der Waals surface area contributed by atoms with Crippen molar-refractivity contribution in [2.24, 2.45) is 5.41 Å². The van der Waals surface area contributed by atoms with E-state index in [1.54, 1.807) is 20.8 Å². The Morgan fingerprint density at radius 3 is 2.00 bits per heavy atom. The molecule has 0 fully saturated rings. The summed E-state index contributed by atoms with van der Waals surface area (Å²) in [5.74, 6) is -2.73. The fourth-order valence-electron chi connectivity index (χ4n) is 1.10. The first-order valence-corrected chi connectivity index (χ1v) is 5.47. The van der Waals surface area contributed by atoms with Gasteiger partial charge >= 0.3 is 12.1 Å². The average molecular weight is 274 g/mol. The molecule has 7 heteroatoms. The minimum absolute atomic E-state index is 0.213. The van der Waals surface area contributed by atoms with Crippen molar-refractivity contribution in [2.45, 2.75) is 39.4 Å². The van der Waals surface area contributed by atoms with Gasteiger partial charge < -0.3 is 5.32 Å². The quantitative estimate of drug-likeness (QED) is 0.799. The first-order valence-electron chi connectivity index (χ1n) is 4.94. The van der Waals surface area contributed by atoms with Gasteiger partial charge in [0.1, 0.15) is 5.78 Å². The zero-order valence-electron chi connectivity index (χ0n) is 9.82. The van der Waals surface area contributed by atoms with Crippen LogP contribution in [0.15, 0.2) is 0 Å². The zero-order chi connectivity index (χ0) is 13.9. The third-order valence-corrected chi connectivity index (χ3v) is 2.49. The SMILES string of the molecule is CC(C)(C)C(CC(=O)CCl)NC(=O)C(F)(F)F. The van der Waals surface area contributed by atoms with Crippen molar-refractivity contribution in [3.05, 3.63) is 0 Å². The molecule has 0 radical (unpaired) electrons. The van der Waals surface area contributed by atoms with Gasteiger partial charge in [0.15, 0.2) is 0 Å². The van der Waals surface area contributed by atoms with Gasteiger partial charge in [-0.15, -0.1) is 11.6 Å². The van der Waals surface area contributed by atoms with Crippen LogP contribution in [-0.4, -0.2) is 29.8 Å². The van der Waals surface area contributed by atoms with Gasteiger partial charge in [-0.1, -0.05) is 20.8 Å². The van der Waals surface area contributed by atoms with Crippen LogP contribution in [0.2, 0.25) is 0 Å². The summed E-state index contributed by atoms with van der Waals surface area (Å²) in [6, 6.07) is -0.900. The Balaban J connectivity index is 4.74. The molecule has 100 valence electrons. The Kier molecular flexibility index (Phi) is 5.45. The third kappa shape index (κ3) is 5.91. The fourth-order valence-corrected chi connectivity index (χ4v) is 1.21. The zero-order valence-corrected chi connectivity index (χ0v) is 10.6. The largest absolute Gasteiger partial charge is 0.471 e. The number of nitrogens with one attached hydrogen (secondary N) is 1. The maximum absolute atomic E-state index is 12.1. The number of Topliss-reactive ketones (excluding diaryl/α,β-unsaturated/α-hetero) is 1. The molecule has 1 atom stereocenters. The van der Waals surface area contributed by atoms with Gasteiger partial charge in [-0.2, -0.15) is 13.2 Å². The van der Waals surface area contributed by atoms with E-state index < -0.39 is 29.3 Å². The van der Waals surface area contributed by atoms with Crippen LogP contribution in [0, 0.1) is 5.41 Å². The van der Waals surface area contributed by atoms with E-state index in [0.29, 0.717) is 0 Å². The second-order valence-corrected chi connectivity index (χ2v) is 5.03. The number of hydrogen-bond acceptors (Lipinski definition) is 2. The van der Waals surface area contributed by atoms with E-state index in [2.05, 4.69) is 0 Å². The molecule has 0 bridgehead atoms. The highest BCUT2D eigenvalue weighted by Gasteiger charge is 2.41. The molecule has 1 unspecified atom stereocenters. The molecule has 0 aliphatic heterocycles. The van der Waals surface area contributed by atoms with Crippen LogP contribution in [-0.2, 0) is 9.59 Å². The van der Waals surface area contributed by atoms with E-state index in [0.717, 1.165) is 0 Å². The molecule has 0 aliphatic rings. The minimum atomic E-state index is -4.95. The van der Waals surface area contributed by atoms with Crippen molar-refractivity contribution < 1.29 is 22.8 Å². The molecule has 0 saturated carbocycles. The number of halogens is 4. The number of ketones is 1. The second-order valence-electron chi connectivity index (χ2n) is 4.77. The third-order valence-electron chi connectivity index (χ3n) is 2.19. The Hall–Kier alpha value is -0.780. The number of rotatable bonds is 4. The molecule has 1 amide bonds. The van der Waals surface area contributed by atoms with Gasteiger partial charge in [-0.3, -0.25) is 9.59 Å². The Morgan fingerprint density at radius 2 is 1.71 bits per heavy atom. The van der Waals surface area contributed by atoms with E-state index >= 15 is 0 Å². The normalized spacial score (nSPS) is 14.3. The van der Waals surface area contributed by atoms with Gasteiger partial charge in [0.25, 0.3) is 0 Å². The molecule has 1 N–H and O–H groups in total. The minimum Gasteiger partial charge on any atom is -0.345 e. The van der Waals surface area contributed by atoms with Gasteiger partial charge in [0, 0.05) is 12.5 Å². The first-order chi connectivity index (χ1) is 7.48. The van der Waals surface area contributed by atoms with Crippen LogP contribution in [0.5, 0.6) is 0 Å². The predicted molar refractivity (Wildman–Crippen MR) is 57.8 cm³/mol. The van der Waals surface area contributed by atoms with Crippen LogP contribution in [0.4, 0.5) is 13.2 Å². The van der Waals surface area contributed by atoms with Gasteiger partial charge in [0.05, 0.1) is 5.88 Å². The highest BCUT2D eigenvalue weighted by Crippen LogP contribution is 2.24. The van der Waals surface area contributed by atoms with E-state index in [-0.39, 0.29) is 12.3 Å². The highest BCUT2D eigenvalue weighted by molar-refractivity contribution is 6.27. The summed E-state index contributed by atoms with van der Waals surface area (Å²) in [7, 11) is 0. The molecule has 0 heterocycles. The van der Waals surface area contributed by atoms with E-state index in [4.69, 9.17) is 11.6 Å². The smallest absolute Gasteiger partial charge is 0.345 e. The Labute approximate surface area is 103 Å². The van der Waals surface area contributed by atoms with E-state index in [9.17, 15) is 22.8 Å².